The number of H-pyrrole nitrogens is 1. The van der Waals surface area contributed by atoms with Crippen molar-refractivity contribution in [2.45, 2.75) is 18.8 Å². The molecule has 0 aromatic carbocycles. The first kappa shape index (κ1) is 8.40. The Hall–Kier alpha value is -1.91. The normalized spacial score (nSPS) is 15.5. The Morgan fingerprint density at radius 3 is 3.00 bits per heavy atom. The molecule has 1 aliphatic rings. The van der Waals surface area contributed by atoms with Crippen LogP contribution in [0.25, 0.3) is 11.4 Å². The van der Waals surface area contributed by atoms with Gasteiger partial charge in [0.1, 0.15) is 11.6 Å². The summed E-state index contributed by atoms with van der Waals surface area (Å²) in [5, 5.41) is 7.13. The molecule has 0 aliphatic heterocycles. The van der Waals surface area contributed by atoms with Crippen LogP contribution in [0.2, 0.25) is 0 Å². The summed E-state index contributed by atoms with van der Waals surface area (Å²) < 4.78 is 0. The van der Waals surface area contributed by atoms with Gasteiger partial charge < -0.3 is 5.73 Å². The first-order valence-electron chi connectivity index (χ1n) is 4.97. The van der Waals surface area contributed by atoms with Gasteiger partial charge in [0.15, 0.2) is 5.82 Å². The molecule has 1 fully saturated rings. The summed E-state index contributed by atoms with van der Waals surface area (Å²) in [4.78, 5) is 8.37. The fourth-order valence-electron chi connectivity index (χ4n) is 1.53. The summed E-state index contributed by atoms with van der Waals surface area (Å²) in [6, 6.07) is 3.63. The number of anilines is 1. The second kappa shape index (κ2) is 3.05. The van der Waals surface area contributed by atoms with Gasteiger partial charge in [0.2, 0.25) is 0 Å². The maximum Gasteiger partial charge on any atom is 0.181 e. The molecule has 0 bridgehead atoms. The van der Waals surface area contributed by atoms with Gasteiger partial charge in [0.05, 0.1) is 0 Å². The molecule has 5 heteroatoms. The highest BCUT2D eigenvalue weighted by Crippen LogP contribution is 2.38. The molecule has 2 aromatic heterocycles. The fraction of sp³-hybridized carbons (Fsp3) is 0.300. The molecule has 0 atom stereocenters. The van der Waals surface area contributed by atoms with E-state index < -0.39 is 0 Å². The van der Waals surface area contributed by atoms with Gasteiger partial charge in [0, 0.05) is 17.7 Å². The third-order valence-corrected chi connectivity index (χ3v) is 2.51. The second-order valence-corrected chi connectivity index (χ2v) is 3.79. The number of hydrogen-bond donors (Lipinski definition) is 2. The smallest absolute Gasteiger partial charge is 0.181 e. The Bertz CT molecular complexity index is 486. The van der Waals surface area contributed by atoms with Crippen LogP contribution in [-0.2, 0) is 0 Å². The minimum atomic E-state index is 0.491. The topological polar surface area (TPSA) is 80.5 Å². The lowest BCUT2D eigenvalue weighted by Gasteiger charge is -1.95. The lowest BCUT2D eigenvalue weighted by atomic mass is 10.2. The fourth-order valence-corrected chi connectivity index (χ4v) is 1.53. The van der Waals surface area contributed by atoms with E-state index in [0.29, 0.717) is 17.6 Å². The van der Waals surface area contributed by atoms with E-state index in [9.17, 15) is 0 Å². The van der Waals surface area contributed by atoms with Crippen LogP contribution in [0, 0.1) is 0 Å². The first-order chi connectivity index (χ1) is 7.33. The number of nitrogens with two attached hydrogens (primary N) is 1. The molecule has 2 aromatic rings. The molecule has 3 rings (SSSR count). The molecule has 0 unspecified atom stereocenters. The highest BCUT2D eigenvalue weighted by molar-refractivity contribution is 5.58. The SMILES string of the molecule is Nc1cc(-c2n[nH]c(C3CC3)n2)ccn1. The predicted octanol–water partition coefficient (Wildman–Crippen LogP) is 1.33. The van der Waals surface area contributed by atoms with Crippen LogP contribution in [0.1, 0.15) is 24.6 Å². The number of pyridine rings is 1. The van der Waals surface area contributed by atoms with Crippen molar-refractivity contribution in [2.75, 3.05) is 5.73 Å². The Labute approximate surface area is 86.8 Å². The zero-order valence-electron chi connectivity index (χ0n) is 8.14. The van der Waals surface area contributed by atoms with Gasteiger partial charge in [-0.3, -0.25) is 5.10 Å². The summed E-state index contributed by atoms with van der Waals surface area (Å²) in [5.41, 5.74) is 6.51. The Morgan fingerprint density at radius 1 is 1.40 bits per heavy atom. The second-order valence-electron chi connectivity index (χ2n) is 3.79. The van der Waals surface area contributed by atoms with E-state index in [2.05, 4.69) is 20.2 Å². The van der Waals surface area contributed by atoms with Crippen LogP contribution >= 0.6 is 0 Å². The molecular formula is C10H11N5. The molecule has 0 spiro atoms. The van der Waals surface area contributed by atoms with Crippen LogP contribution in [0.5, 0.6) is 0 Å². The van der Waals surface area contributed by atoms with Crippen molar-refractivity contribution in [1.29, 1.82) is 0 Å². The Balaban J connectivity index is 1.97. The lowest BCUT2D eigenvalue weighted by Crippen LogP contribution is -1.90. The minimum Gasteiger partial charge on any atom is -0.384 e. The number of aromatic nitrogens is 4. The van der Waals surface area contributed by atoms with Crippen LogP contribution < -0.4 is 5.73 Å². The summed E-state index contributed by atoms with van der Waals surface area (Å²) in [6.07, 6.45) is 4.10. The summed E-state index contributed by atoms with van der Waals surface area (Å²) in [7, 11) is 0. The minimum absolute atomic E-state index is 0.491. The highest BCUT2D eigenvalue weighted by Gasteiger charge is 2.27. The van der Waals surface area contributed by atoms with Gasteiger partial charge in [-0.15, -0.1) is 0 Å². The number of aromatic amines is 1. The van der Waals surface area contributed by atoms with Gasteiger partial charge in [-0.1, -0.05) is 0 Å². The average molecular weight is 201 g/mol. The Kier molecular flexibility index (Phi) is 1.71. The van der Waals surface area contributed by atoms with Gasteiger partial charge in [-0.05, 0) is 25.0 Å². The molecule has 76 valence electrons. The third kappa shape index (κ3) is 1.56. The zero-order chi connectivity index (χ0) is 10.3. The molecule has 3 N–H and O–H groups in total. The summed E-state index contributed by atoms with van der Waals surface area (Å²) in [6.45, 7) is 0. The number of nitrogen functional groups attached to an aromatic ring is 1. The highest BCUT2D eigenvalue weighted by atomic mass is 15.2. The van der Waals surface area contributed by atoms with Crippen molar-refractivity contribution in [3.05, 3.63) is 24.2 Å². The van der Waals surface area contributed by atoms with Crippen molar-refractivity contribution in [1.82, 2.24) is 20.2 Å². The molecule has 2 heterocycles. The van der Waals surface area contributed by atoms with Gasteiger partial charge in [-0.2, -0.15) is 5.10 Å². The molecule has 1 aliphatic carbocycles. The van der Waals surface area contributed by atoms with Gasteiger partial charge in [-0.25, -0.2) is 9.97 Å². The maximum absolute atomic E-state index is 5.60. The molecule has 0 amide bonds. The van der Waals surface area contributed by atoms with E-state index in [4.69, 9.17) is 5.73 Å². The van der Waals surface area contributed by atoms with E-state index >= 15 is 0 Å². The van der Waals surface area contributed by atoms with Crippen molar-refractivity contribution in [3.8, 4) is 11.4 Å². The zero-order valence-corrected chi connectivity index (χ0v) is 8.14. The monoisotopic (exact) mass is 201 g/mol. The molecule has 5 nitrogen and oxygen atoms in total. The number of nitrogens with zero attached hydrogens (tertiary/aromatic N) is 3. The van der Waals surface area contributed by atoms with E-state index in [0.717, 1.165) is 11.4 Å². The van der Waals surface area contributed by atoms with Crippen LogP contribution in [-0.4, -0.2) is 20.2 Å². The van der Waals surface area contributed by atoms with Gasteiger partial charge in [0.25, 0.3) is 0 Å². The Morgan fingerprint density at radius 2 is 2.27 bits per heavy atom. The average Bonchev–Trinajstić information content (AvgIpc) is 2.97. The maximum atomic E-state index is 5.60. The van der Waals surface area contributed by atoms with E-state index in [1.54, 1.807) is 12.3 Å². The van der Waals surface area contributed by atoms with E-state index in [1.807, 2.05) is 6.07 Å². The van der Waals surface area contributed by atoms with Gasteiger partial charge >= 0.3 is 0 Å². The lowest BCUT2D eigenvalue weighted by molar-refractivity contribution is 0.935. The van der Waals surface area contributed by atoms with Crippen molar-refractivity contribution >= 4 is 5.82 Å². The van der Waals surface area contributed by atoms with Crippen molar-refractivity contribution in [2.24, 2.45) is 0 Å². The van der Waals surface area contributed by atoms with Crippen LogP contribution in [0.15, 0.2) is 18.3 Å². The summed E-state index contributed by atoms with van der Waals surface area (Å²) >= 11 is 0. The number of hydrogen-bond acceptors (Lipinski definition) is 4. The first-order valence-corrected chi connectivity index (χ1v) is 4.97. The summed E-state index contributed by atoms with van der Waals surface area (Å²) in [5.74, 6) is 2.77. The largest absolute Gasteiger partial charge is 0.384 e. The molecular weight excluding hydrogens is 190 g/mol. The van der Waals surface area contributed by atoms with Crippen LogP contribution in [0.3, 0.4) is 0 Å². The predicted molar refractivity (Wildman–Crippen MR) is 56.0 cm³/mol. The van der Waals surface area contributed by atoms with Crippen molar-refractivity contribution in [3.63, 3.8) is 0 Å². The molecule has 15 heavy (non-hydrogen) atoms. The number of nitrogens with one attached hydrogen (secondary N) is 1. The quantitative estimate of drug-likeness (QED) is 0.768. The molecule has 0 saturated heterocycles. The van der Waals surface area contributed by atoms with E-state index in [1.165, 1.54) is 12.8 Å². The third-order valence-electron chi connectivity index (χ3n) is 2.51. The molecule has 0 radical (unpaired) electrons. The van der Waals surface area contributed by atoms with Crippen molar-refractivity contribution < 1.29 is 0 Å². The van der Waals surface area contributed by atoms with Crippen LogP contribution in [0.4, 0.5) is 5.82 Å². The van der Waals surface area contributed by atoms with E-state index in [-0.39, 0.29) is 0 Å². The standard InChI is InChI=1S/C10H11N5/c11-8-5-7(3-4-12-8)10-13-9(14-15-10)6-1-2-6/h3-6H,1-2H2,(H2,11,12)(H,13,14,15). The number of rotatable bonds is 2. The molecule has 1 saturated carbocycles.